The van der Waals surface area contributed by atoms with Gasteiger partial charge in [0, 0.05) is 17.4 Å². The number of nitrogens with zero attached hydrogens (tertiary/aromatic N) is 3. The number of nitrogen functional groups attached to an aromatic ring is 1. The molecule has 0 amide bonds. The van der Waals surface area contributed by atoms with Crippen LogP contribution in [0, 0.1) is 0 Å². The van der Waals surface area contributed by atoms with E-state index in [1.807, 2.05) is 26.0 Å². The lowest BCUT2D eigenvalue weighted by molar-refractivity contribution is 0.235. The van der Waals surface area contributed by atoms with Gasteiger partial charge < -0.3 is 15.0 Å². The van der Waals surface area contributed by atoms with Gasteiger partial charge in [0.2, 0.25) is 11.7 Å². The molecular formula is C16H15BN4O2. The molecule has 0 spiro atoms. The Hall–Kier alpha value is -2.83. The molecule has 23 heavy (non-hydrogen) atoms. The van der Waals surface area contributed by atoms with Crippen LogP contribution in [0.15, 0.2) is 41.1 Å². The SMILES string of the molecule is [B]c1cc(-c2nc(-c3ccc(N)cc3)no2)cnc1OC(C)C. The molecule has 114 valence electrons. The third kappa shape index (κ3) is 3.34. The lowest BCUT2D eigenvalue weighted by atomic mass is 9.96. The summed E-state index contributed by atoms with van der Waals surface area (Å²) in [7, 11) is 5.95. The first-order chi connectivity index (χ1) is 11.0. The van der Waals surface area contributed by atoms with Crippen LogP contribution in [-0.4, -0.2) is 29.1 Å². The minimum atomic E-state index is -0.00354. The summed E-state index contributed by atoms with van der Waals surface area (Å²) < 4.78 is 10.8. The van der Waals surface area contributed by atoms with Crippen molar-refractivity contribution in [1.82, 2.24) is 15.1 Å². The normalized spacial score (nSPS) is 10.9. The summed E-state index contributed by atoms with van der Waals surface area (Å²) in [4.78, 5) is 8.55. The van der Waals surface area contributed by atoms with E-state index in [0.29, 0.717) is 34.3 Å². The van der Waals surface area contributed by atoms with Crippen molar-refractivity contribution in [3.63, 3.8) is 0 Å². The molecule has 0 bridgehead atoms. The van der Waals surface area contributed by atoms with Gasteiger partial charge in [0.1, 0.15) is 7.85 Å². The van der Waals surface area contributed by atoms with E-state index in [1.54, 1.807) is 24.4 Å². The fourth-order valence-corrected chi connectivity index (χ4v) is 2.00. The number of anilines is 1. The van der Waals surface area contributed by atoms with Crippen LogP contribution in [0.3, 0.4) is 0 Å². The van der Waals surface area contributed by atoms with Crippen LogP contribution in [0.25, 0.3) is 22.8 Å². The van der Waals surface area contributed by atoms with Crippen molar-refractivity contribution in [2.24, 2.45) is 0 Å². The number of nitrogens with two attached hydrogens (primary N) is 1. The molecule has 0 aliphatic carbocycles. The minimum Gasteiger partial charge on any atom is -0.475 e. The number of pyridine rings is 1. The zero-order chi connectivity index (χ0) is 16.4. The van der Waals surface area contributed by atoms with Crippen LogP contribution < -0.4 is 15.9 Å². The summed E-state index contributed by atoms with van der Waals surface area (Å²) in [6, 6.07) is 8.92. The Labute approximate surface area is 135 Å². The summed E-state index contributed by atoms with van der Waals surface area (Å²) in [5, 5.41) is 3.97. The molecule has 3 aromatic rings. The monoisotopic (exact) mass is 306 g/mol. The lowest BCUT2D eigenvalue weighted by Crippen LogP contribution is -2.16. The molecule has 3 rings (SSSR count). The molecule has 0 atom stereocenters. The van der Waals surface area contributed by atoms with E-state index >= 15 is 0 Å². The van der Waals surface area contributed by atoms with E-state index in [9.17, 15) is 0 Å². The molecule has 2 heterocycles. The second kappa shape index (κ2) is 6.12. The van der Waals surface area contributed by atoms with E-state index in [-0.39, 0.29) is 6.10 Å². The highest BCUT2D eigenvalue weighted by atomic mass is 16.5. The highest BCUT2D eigenvalue weighted by molar-refractivity contribution is 6.34. The number of aromatic nitrogens is 3. The molecule has 0 aliphatic heterocycles. The summed E-state index contributed by atoms with van der Waals surface area (Å²) in [6.07, 6.45) is 1.59. The van der Waals surface area contributed by atoms with E-state index in [2.05, 4.69) is 15.1 Å². The first-order valence-electron chi connectivity index (χ1n) is 7.15. The zero-order valence-electron chi connectivity index (χ0n) is 12.9. The van der Waals surface area contributed by atoms with Crippen LogP contribution in [0.2, 0.25) is 0 Å². The molecule has 0 unspecified atom stereocenters. The van der Waals surface area contributed by atoms with Crippen LogP contribution in [0.5, 0.6) is 5.88 Å². The van der Waals surface area contributed by atoms with Crippen molar-refractivity contribution in [3.05, 3.63) is 36.5 Å². The lowest BCUT2D eigenvalue weighted by Gasteiger charge is -2.11. The second-order valence-electron chi connectivity index (χ2n) is 5.33. The average Bonchev–Trinajstić information content (AvgIpc) is 2.99. The van der Waals surface area contributed by atoms with E-state index < -0.39 is 0 Å². The van der Waals surface area contributed by atoms with Crippen LogP contribution in [0.1, 0.15) is 13.8 Å². The first kappa shape index (κ1) is 15.1. The molecule has 7 heteroatoms. The number of ether oxygens (including phenoxy) is 1. The van der Waals surface area contributed by atoms with E-state index in [4.69, 9.17) is 22.8 Å². The molecule has 2 aromatic heterocycles. The summed E-state index contributed by atoms with van der Waals surface area (Å²) >= 11 is 0. The summed E-state index contributed by atoms with van der Waals surface area (Å²) in [5.74, 6) is 1.20. The molecule has 0 fully saturated rings. The standard InChI is InChI=1S/C16H15BN4O2/c1-9(2)22-16-13(17)7-11(8-19-16)15-20-14(21-23-15)10-3-5-12(18)6-4-10/h3-9H,18H2,1-2H3. The zero-order valence-corrected chi connectivity index (χ0v) is 12.9. The number of hydrogen-bond donors (Lipinski definition) is 1. The Balaban J connectivity index is 1.88. The Morgan fingerprint density at radius 3 is 2.57 bits per heavy atom. The third-order valence-corrected chi connectivity index (χ3v) is 3.07. The smallest absolute Gasteiger partial charge is 0.259 e. The van der Waals surface area contributed by atoms with Gasteiger partial charge in [0.05, 0.1) is 11.7 Å². The molecule has 0 saturated heterocycles. The van der Waals surface area contributed by atoms with Crippen molar-refractivity contribution < 1.29 is 9.26 Å². The Morgan fingerprint density at radius 2 is 1.91 bits per heavy atom. The highest BCUT2D eigenvalue weighted by Crippen LogP contribution is 2.22. The van der Waals surface area contributed by atoms with Gasteiger partial charge in [-0.1, -0.05) is 5.16 Å². The molecule has 2 radical (unpaired) electrons. The minimum absolute atomic E-state index is 0.00354. The number of rotatable bonds is 4. The molecule has 0 saturated carbocycles. The van der Waals surface area contributed by atoms with Gasteiger partial charge in [-0.25, -0.2) is 4.98 Å². The predicted molar refractivity (Wildman–Crippen MR) is 88.5 cm³/mol. The van der Waals surface area contributed by atoms with Crippen molar-refractivity contribution in [3.8, 4) is 28.7 Å². The maximum atomic E-state index is 5.95. The van der Waals surface area contributed by atoms with Crippen LogP contribution in [-0.2, 0) is 0 Å². The topological polar surface area (TPSA) is 87.1 Å². The van der Waals surface area contributed by atoms with Crippen molar-refractivity contribution in [2.75, 3.05) is 5.73 Å². The molecule has 1 aromatic carbocycles. The maximum absolute atomic E-state index is 5.95. The van der Waals surface area contributed by atoms with Gasteiger partial charge in [-0.2, -0.15) is 4.98 Å². The number of hydrogen-bond acceptors (Lipinski definition) is 6. The summed E-state index contributed by atoms with van der Waals surface area (Å²) in [6.45, 7) is 3.82. The van der Waals surface area contributed by atoms with Crippen LogP contribution in [0.4, 0.5) is 5.69 Å². The highest BCUT2D eigenvalue weighted by Gasteiger charge is 2.13. The van der Waals surface area contributed by atoms with Crippen molar-refractivity contribution >= 4 is 19.0 Å². The average molecular weight is 306 g/mol. The third-order valence-electron chi connectivity index (χ3n) is 3.07. The molecule has 0 aliphatic rings. The van der Waals surface area contributed by atoms with E-state index in [0.717, 1.165) is 5.56 Å². The maximum Gasteiger partial charge on any atom is 0.259 e. The molecule has 6 nitrogen and oxygen atoms in total. The second-order valence-corrected chi connectivity index (χ2v) is 5.33. The predicted octanol–water partition coefficient (Wildman–Crippen LogP) is 1.96. The van der Waals surface area contributed by atoms with Crippen molar-refractivity contribution in [2.45, 2.75) is 20.0 Å². The van der Waals surface area contributed by atoms with Crippen molar-refractivity contribution in [1.29, 1.82) is 0 Å². The fourth-order valence-electron chi connectivity index (χ4n) is 2.00. The van der Waals surface area contributed by atoms with Gasteiger partial charge in [0.25, 0.3) is 5.89 Å². The van der Waals surface area contributed by atoms with Gasteiger partial charge in [-0.05, 0) is 49.6 Å². The summed E-state index contributed by atoms with van der Waals surface area (Å²) in [5.41, 5.74) is 8.21. The number of benzene rings is 1. The quantitative estimate of drug-likeness (QED) is 0.585. The van der Waals surface area contributed by atoms with Crippen LogP contribution >= 0.6 is 0 Å². The Morgan fingerprint density at radius 1 is 1.17 bits per heavy atom. The molecule has 2 N–H and O–H groups in total. The van der Waals surface area contributed by atoms with Gasteiger partial charge in [-0.15, -0.1) is 0 Å². The molecular weight excluding hydrogens is 291 g/mol. The Bertz CT molecular complexity index is 815. The van der Waals surface area contributed by atoms with Gasteiger partial charge in [0.15, 0.2) is 0 Å². The largest absolute Gasteiger partial charge is 0.475 e. The van der Waals surface area contributed by atoms with Gasteiger partial charge in [-0.3, -0.25) is 0 Å². The van der Waals surface area contributed by atoms with E-state index in [1.165, 1.54) is 0 Å². The van der Waals surface area contributed by atoms with Gasteiger partial charge >= 0.3 is 0 Å². The first-order valence-corrected chi connectivity index (χ1v) is 7.15. The fraction of sp³-hybridized carbons (Fsp3) is 0.188. The Kier molecular flexibility index (Phi) is 4.01.